The second-order valence-electron chi connectivity index (χ2n) is 6.10. The van der Waals surface area contributed by atoms with Gasteiger partial charge in [-0.05, 0) is 42.3 Å². The Hall–Kier alpha value is -3.15. The SMILES string of the molecule is NC(=O)CCN(C(=O)CCc1c[nH]c2ccccc12)c1ccc(F)cc1. The van der Waals surface area contributed by atoms with Crippen molar-refractivity contribution in [2.24, 2.45) is 5.73 Å². The number of hydrogen-bond donors (Lipinski definition) is 2. The first-order valence-corrected chi connectivity index (χ1v) is 8.44. The highest BCUT2D eigenvalue weighted by Crippen LogP contribution is 2.21. The maximum atomic E-state index is 13.2. The number of carbonyl (C=O) groups excluding carboxylic acids is 2. The van der Waals surface area contributed by atoms with Crippen LogP contribution in [0.4, 0.5) is 10.1 Å². The molecule has 2 aromatic carbocycles. The summed E-state index contributed by atoms with van der Waals surface area (Å²) in [5.41, 5.74) is 7.85. The number of H-pyrrole nitrogens is 1. The molecule has 0 atom stereocenters. The normalized spacial score (nSPS) is 10.8. The minimum Gasteiger partial charge on any atom is -0.370 e. The topological polar surface area (TPSA) is 79.2 Å². The number of hydrogen-bond acceptors (Lipinski definition) is 2. The fourth-order valence-electron chi connectivity index (χ4n) is 2.96. The van der Waals surface area contributed by atoms with E-state index in [0.717, 1.165) is 16.5 Å². The van der Waals surface area contributed by atoms with Gasteiger partial charge in [-0.3, -0.25) is 9.59 Å². The lowest BCUT2D eigenvalue weighted by Gasteiger charge is -2.22. The largest absolute Gasteiger partial charge is 0.370 e. The molecule has 6 heteroatoms. The number of para-hydroxylation sites is 1. The Labute approximate surface area is 150 Å². The smallest absolute Gasteiger partial charge is 0.227 e. The molecular weight excluding hydrogens is 333 g/mol. The second-order valence-corrected chi connectivity index (χ2v) is 6.10. The van der Waals surface area contributed by atoms with Crippen LogP contribution in [0.15, 0.2) is 54.7 Å². The Morgan fingerprint density at radius 2 is 1.77 bits per heavy atom. The number of fused-ring (bicyclic) bond motifs is 1. The van der Waals surface area contributed by atoms with Gasteiger partial charge in [-0.2, -0.15) is 0 Å². The first-order valence-electron chi connectivity index (χ1n) is 8.44. The molecular formula is C20H20FN3O2. The van der Waals surface area contributed by atoms with E-state index < -0.39 is 5.91 Å². The molecule has 0 aliphatic heterocycles. The zero-order valence-corrected chi connectivity index (χ0v) is 14.2. The fourth-order valence-corrected chi connectivity index (χ4v) is 2.96. The summed E-state index contributed by atoms with van der Waals surface area (Å²) in [5, 5.41) is 1.09. The number of aryl methyl sites for hydroxylation is 1. The number of aromatic amines is 1. The molecule has 3 N–H and O–H groups in total. The number of anilines is 1. The number of amides is 2. The van der Waals surface area contributed by atoms with Gasteiger partial charge in [-0.15, -0.1) is 0 Å². The molecule has 1 aromatic heterocycles. The highest BCUT2D eigenvalue weighted by atomic mass is 19.1. The number of nitrogens with zero attached hydrogens (tertiary/aromatic N) is 1. The molecule has 3 rings (SSSR count). The third-order valence-electron chi connectivity index (χ3n) is 4.30. The van der Waals surface area contributed by atoms with E-state index in [1.54, 1.807) is 0 Å². The van der Waals surface area contributed by atoms with E-state index in [1.165, 1.54) is 29.2 Å². The Balaban J connectivity index is 1.74. The van der Waals surface area contributed by atoms with Crippen LogP contribution >= 0.6 is 0 Å². The van der Waals surface area contributed by atoms with E-state index in [2.05, 4.69) is 4.98 Å². The highest BCUT2D eigenvalue weighted by Gasteiger charge is 2.17. The van der Waals surface area contributed by atoms with Crippen LogP contribution in [0.25, 0.3) is 10.9 Å². The Morgan fingerprint density at radius 1 is 1.04 bits per heavy atom. The maximum Gasteiger partial charge on any atom is 0.227 e. The van der Waals surface area contributed by atoms with Gasteiger partial charge in [-0.1, -0.05) is 18.2 Å². The predicted octanol–water partition coefficient (Wildman–Crippen LogP) is 3.15. The summed E-state index contributed by atoms with van der Waals surface area (Å²) in [6.07, 6.45) is 2.80. The summed E-state index contributed by atoms with van der Waals surface area (Å²) in [6, 6.07) is 13.5. The number of aromatic nitrogens is 1. The molecule has 2 amide bonds. The molecule has 0 aliphatic carbocycles. The summed E-state index contributed by atoms with van der Waals surface area (Å²) >= 11 is 0. The monoisotopic (exact) mass is 353 g/mol. The van der Waals surface area contributed by atoms with E-state index in [9.17, 15) is 14.0 Å². The molecule has 134 valence electrons. The van der Waals surface area contributed by atoms with Crippen LogP contribution in [0.3, 0.4) is 0 Å². The van der Waals surface area contributed by atoms with Crippen LogP contribution in [0.1, 0.15) is 18.4 Å². The van der Waals surface area contributed by atoms with Crippen molar-refractivity contribution >= 4 is 28.4 Å². The molecule has 3 aromatic rings. The minimum atomic E-state index is -0.485. The number of benzene rings is 2. The number of carbonyl (C=O) groups is 2. The van der Waals surface area contributed by atoms with Crippen molar-refractivity contribution in [3.05, 3.63) is 66.1 Å². The highest BCUT2D eigenvalue weighted by molar-refractivity contribution is 5.94. The van der Waals surface area contributed by atoms with Gasteiger partial charge in [0.05, 0.1) is 0 Å². The van der Waals surface area contributed by atoms with Gasteiger partial charge >= 0.3 is 0 Å². The lowest BCUT2D eigenvalue weighted by atomic mass is 10.1. The molecule has 0 unspecified atom stereocenters. The van der Waals surface area contributed by atoms with Crippen molar-refractivity contribution in [2.45, 2.75) is 19.3 Å². The van der Waals surface area contributed by atoms with Crippen LogP contribution in [-0.2, 0) is 16.0 Å². The van der Waals surface area contributed by atoms with Gasteiger partial charge in [0.1, 0.15) is 5.82 Å². The minimum absolute atomic E-state index is 0.0518. The number of nitrogens with two attached hydrogens (primary N) is 1. The van der Waals surface area contributed by atoms with Gasteiger partial charge in [0.25, 0.3) is 0 Å². The van der Waals surface area contributed by atoms with E-state index in [1.807, 2.05) is 30.5 Å². The Kier molecular flexibility index (Phi) is 5.31. The predicted molar refractivity (Wildman–Crippen MR) is 99.2 cm³/mol. The number of nitrogens with one attached hydrogen (secondary N) is 1. The zero-order chi connectivity index (χ0) is 18.5. The summed E-state index contributed by atoms with van der Waals surface area (Å²) in [6.45, 7) is 0.174. The molecule has 26 heavy (non-hydrogen) atoms. The van der Waals surface area contributed by atoms with Gasteiger partial charge in [-0.25, -0.2) is 4.39 Å². The van der Waals surface area contributed by atoms with Crippen LogP contribution in [0.5, 0.6) is 0 Å². The molecule has 0 radical (unpaired) electrons. The van der Waals surface area contributed by atoms with Crippen LogP contribution in [-0.4, -0.2) is 23.3 Å². The number of primary amides is 1. The van der Waals surface area contributed by atoms with Crippen LogP contribution < -0.4 is 10.6 Å². The summed E-state index contributed by atoms with van der Waals surface area (Å²) in [4.78, 5) is 28.5. The van der Waals surface area contributed by atoms with Crippen molar-refractivity contribution in [2.75, 3.05) is 11.4 Å². The maximum absolute atomic E-state index is 13.2. The van der Waals surface area contributed by atoms with E-state index >= 15 is 0 Å². The second kappa shape index (κ2) is 7.82. The van der Waals surface area contributed by atoms with Gasteiger partial charge < -0.3 is 15.6 Å². The molecule has 0 spiro atoms. The number of halogens is 1. The molecule has 0 aliphatic rings. The van der Waals surface area contributed by atoms with E-state index in [0.29, 0.717) is 12.1 Å². The zero-order valence-electron chi connectivity index (χ0n) is 14.2. The van der Waals surface area contributed by atoms with Gasteiger partial charge in [0.15, 0.2) is 0 Å². The van der Waals surface area contributed by atoms with Crippen molar-refractivity contribution in [3.63, 3.8) is 0 Å². The van der Waals surface area contributed by atoms with E-state index in [-0.39, 0.29) is 31.1 Å². The summed E-state index contributed by atoms with van der Waals surface area (Å²) in [5.74, 6) is -1.00. The Bertz CT molecular complexity index is 918. The quantitative estimate of drug-likeness (QED) is 0.684. The molecule has 1 heterocycles. The molecule has 0 saturated carbocycles. The summed E-state index contributed by atoms with van der Waals surface area (Å²) < 4.78 is 13.2. The average Bonchev–Trinajstić information content (AvgIpc) is 3.04. The van der Waals surface area contributed by atoms with Gasteiger partial charge in [0.2, 0.25) is 11.8 Å². The van der Waals surface area contributed by atoms with Crippen molar-refractivity contribution in [1.29, 1.82) is 0 Å². The Morgan fingerprint density at radius 3 is 2.50 bits per heavy atom. The lowest BCUT2D eigenvalue weighted by molar-refractivity contribution is -0.119. The summed E-state index contributed by atoms with van der Waals surface area (Å²) in [7, 11) is 0. The molecule has 5 nitrogen and oxygen atoms in total. The average molecular weight is 353 g/mol. The standard InChI is InChI=1S/C20H20FN3O2/c21-15-6-8-16(9-7-15)24(12-11-19(22)25)20(26)10-5-14-13-23-18-4-2-1-3-17(14)18/h1-4,6-9,13,23H,5,10-12H2,(H2,22,25). The van der Waals surface area contributed by atoms with Crippen LogP contribution in [0.2, 0.25) is 0 Å². The third-order valence-corrected chi connectivity index (χ3v) is 4.30. The van der Waals surface area contributed by atoms with E-state index in [4.69, 9.17) is 5.73 Å². The van der Waals surface area contributed by atoms with Crippen LogP contribution in [0, 0.1) is 5.82 Å². The molecule has 0 saturated heterocycles. The first-order chi connectivity index (χ1) is 12.5. The fraction of sp³-hybridized carbons (Fsp3) is 0.200. The number of rotatable bonds is 7. The lowest BCUT2D eigenvalue weighted by Crippen LogP contribution is -2.34. The first kappa shape index (κ1) is 17.7. The van der Waals surface area contributed by atoms with Gasteiger partial charge in [0, 0.05) is 42.2 Å². The van der Waals surface area contributed by atoms with Crippen molar-refractivity contribution in [1.82, 2.24) is 4.98 Å². The molecule has 0 bridgehead atoms. The van der Waals surface area contributed by atoms with Crippen molar-refractivity contribution in [3.8, 4) is 0 Å². The van der Waals surface area contributed by atoms with Crippen molar-refractivity contribution < 1.29 is 14.0 Å². The molecule has 0 fully saturated rings. The third kappa shape index (κ3) is 4.08.